The van der Waals surface area contributed by atoms with E-state index < -0.39 is 15.9 Å². The fourth-order valence-corrected chi connectivity index (χ4v) is 2.68. The second-order valence-corrected chi connectivity index (χ2v) is 6.44. The number of sulfonamides is 1. The first-order chi connectivity index (χ1) is 11.9. The van der Waals surface area contributed by atoms with Gasteiger partial charge in [-0.3, -0.25) is 10.2 Å². The zero-order chi connectivity index (χ0) is 18.3. The third-order valence-electron chi connectivity index (χ3n) is 3.03. The highest BCUT2D eigenvalue weighted by atomic mass is 32.2. The number of methoxy groups -OCH3 is 1. The van der Waals surface area contributed by atoms with Crippen LogP contribution in [-0.2, 0) is 14.8 Å². The summed E-state index contributed by atoms with van der Waals surface area (Å²) < 4.78 is 34.3. The standard InChI is InChI=1S/C16H15N3O5S/c1-23-13-5-7-14(8-6-13)24-11-16(20)18-19-25(21,22)15-4-2-3-12(9-15)10-17/h2-9,19H,11H2,1H3,(H,18,20). The van der Waals surface area contributed by atoms with E-state index in [0.29, 0.717) is 11.5 Å². The Balaban J connectivity index is 1.88. The molecule has 25 heavy (non-hydrogen) atoms. The quantitative estimate of drug-likeness (QED) is 0.709. The summed E-state index contributed by atoms with van der Waals surface area (Å²) in [6, 6.07) is 13.8. The molecule has 8 nitrogen and oxygen atoms in total. The molecule has 0 aliphatic heterocycles. The van der Waals surface area contributed by atoms with Crippen LogP contribution in [0.5, 0.6) is 11.5 Å². The molecular formula is C16H15N3O5S. The van der Waals surface area contributed by atoms with E-state index in [1.807, 2.05) is 16.3 Å². The molecule has 0 unspecified atom stereocenters. The van der Waals surface area contributed by atoms with Gasteiger partial charge in [0.25, 0.3) is 15.9 Å². The zero-order valence-corrected chi connectivity index (χ0v) is 14.0. The Morgan fingerprint density at radius 3 is 2.48 bits per heavy atom. The predicted octanol–water partition coefficient (Wildman–Crippen LogP) is 0.955. The van der Waals surface area contributed by atoms with Crippen LogP contribution in [0.25, 0.3) is 0 Å². The van der Waals surface area contributed by atoms with E-state index in [2.05, 4.69) is 0 Å². The molecule has 0 atom stereocenters. The maximum atomic E-state index is 12.1. The van der Waals surface area contributed by atoms with Crippen molar-refractivity contribution in [2.24, 2.45) is 0 Å². The van der Waals surface area contributed by atoms with Crippen molar-refractivity contribution in [3.8, 4) is 17.6 Å². The molecule has 2 aromatic rings. The molecule has 0 saturated heterocycles. The number of nitriles is 1. The highest BCUT2D eigenvalue weighted by molar-refractivity contribution is 7.89. The molecule has 2 aromatic carbocycles. The van der Waals surface area contributed by atoms with Crippen LogP contribution >= 0.6 is 0 Å². The van der Waals surface area contributed by atoms with Gasteiger partial charge in [0.05, 0.1) is 23.6 Å². The van der Waals surface area contributed by atoms with Gasteiger partial charge in [0.2, 0.25) is 0 Å². The third-order valence-corrected chi connectivity index (χ3v) is 4.27. The predicted molar refractivity (Wildman–Crippen MR) is 88.1 cm³/mol. The summed E-state index contributed by atoms with van der Waals surface area (Å²) in [5.74, 6) is 0.389. The first kappa shape index (κ1) is 18.3. The number of nitrogens with zero attached hydrogens (tertiary/aromatic N) is 1. The minimum atomic E-state index is -3.99. The minimum absolute atomic E-state index is 0.136. The molecule has 9 heteroatoms. The van der Waals surface area contributed by atoms with Crippen LogP contribution in [0.1, 0.15) is 5.56 Å². The summed E-state index contributed by atoms with van der Waals surface area (Å²) >= 11 is 0. The van der Waals surface area contributed by atoms with Gasteiger partial charge in [-0.05, 0) is 42.5 Å². The summed E-state index contributed by atoms with van der Waals surface area (Å²) in [5, 5.41) is 8.80. The van der Waals surface area contributed by atoms with Crippen LogP contribution in [0.3, 0.4) is 0 Å². The zero-order valence-electron chi connectivity index (χ0n) is 13.2. The van der Waals surface area contributed by atoms with E-state index >= 15 is 0 Å². The van der Waals surface area contributed by atoms with Crippen molar-refractivity contribution >= 4 is 15.9 Å². The van der Waals surface area contributed by atoms with Crippen molar-refractivity contribution in [3.63, 3.8) is 0 Å². The van der Waals surface area contributed by atoms with Crippen LogP contribution in [0.15, 0.2) is 53.4 Å². The van der Waals surface area contributed by atoms with Gasteiger partial charge < -0.3 is 9.47 Å². The topological polar surface area (TPSA) is 118 Å². The molecule has 0 spiro atoms. The van der Waals surface area contributed by atoms with Crippen molar-refractivity contribution < 1.29 is 22.7 Å². The lowest BCUT2D eigenvalue weighted by Gasteiger charge is -2.10. The number of hydrogen-bond donors (Lipinski definition) is 2. The maximum Gasteiger partial charge on any atom is 0.272 e. The molecule has 0 bridgehead atoms. The smallest absolute Gasteiger partial charge is 0.272 e. The molecule has 0 heterocycles. The van der Waals surface area contributed by atoms with E-state index in [9.17, 15) is 13.2 Å². The van der Waals surface area contributed by atoms with Crippen molar-refractivity contribution in [3.05, 3.63) is 54.1 Å². The highest BCUT2D eigenvalue weighted by Crippen LogP contribution is 2.16. The molecule has 130 valence electrons. The number of carbonyl (C=O) groups excluding carboxylic acids is 1. The summed E-state index contributed by atoms with van der Waals surface area (Å²) in [5.41, 5.74) is 2.23. The Morgan fingerprint density at radius 1 is 1.16 bits per heavy atom. The van der Waals surface area contributed by atoms with E-state index in [4.69, 9.17) is 14.7 Å². The van der Waals surface area contributed by atoms with E-state index in [1.165, 1.54) is 31.4 Å². The Morgan fingerprint density at radius 2 is 1.84 bits per heavy atom. The van der Waals surface area contributed by atoms with E-state index in [1.54, 1.807) is 24.3 Å². The van der Waals surface area contributed by atoms with Gasteiger partial charge >= 0.3 is 0 Å². The molecule has 0 aliphatic carbocycles. The number of amides is 1. The summed E-state index contributed by atoms with van der Waals surface area (Å²) in [6.07, 6.45) is 0. The molecule has 0 saturated carbocycles. The first-order valence-electron chi connectivity index (χ1n) is 7.02. The summed E-state index contributed by atoms with van der Waals surface area (Å²) in [4.78, 5) is 13.5. The first-order valence-corrected chi connectivity index (χ1v) is 8.50. The van der Waals surface area contributed by atoms with Gasteiger partial charge in [0.15, 0.2) is 6.61 Å². The Kier molecular flexibility index (Phi) is 5.94. The number of carbonyl (C=O) groups is 1. The molecule has 2 N–H and O–H groups in total. The minimum Gasteiger partial charge on any atom is -0.497 e. The third kappa shape index (κ3) is 5.20. The van der Waals surface area contributed by atoms with Crippen LogP contribution in [0, 0.1) is 11.3 Å². The van der Waals surface area contributed by atoms with Gasteiger partial charge in [-0.15, -0.1) is 4.83 Å². The fraction of sp³-hybridized carbons (Fsp3) is 0.125. The van der Waals surface area contributed by atoms with Gasteiger partial charge in [-0.25, -0.2) is 8.42 Å². The monoisotopic (exact) mass is 361 g/mol. The van der Waals surface area contributed by atoms with Crippen molar-refractivity contribution in [1.29, 1.82) is 5.26 Å². The number of rotatable bonds is 7. The second-order valence-electron chi connectivity index (χ2n) is 4.76. The number of hydrazine groups is 1. The highest BCUT2D eigenvalue weighted by Gasteiger charge is 2.15. The van der Waals surface area contributed by atoms with Gasteiger partial charge in [-0.2, -0.15) is 5.26 Å². The SMILES string of the molecule is COc1ccc(OCC(=O)NNS(=O)(=O)c2cccc(C#N)c2)cc1. The van der Waals surface area contributed by atoms with Gasteiger partial charge in [0.1, 0.15) is 11.5 Å². The average molecular weight is 361 g/mol. The largest absolute Gasteiger partial charge is 0.497 e. The molecule has 2 rings (SSSR count). The molecule has 0 radical (unpaired) electrons. The Labute approximate surface area is 145 Å². The normalized spacial score (nSPS) is 10.6. The molecular weight excluding hydrogens is 346 g/mol. The Bertz CT molecular complexity index is 889. The molecule has 0 fully saturated rings. The summed E-state index contributed by atoms with van der Waals surface area (Å²) in [7, 11) is -2.46. The lowest BCUT2D eigenvalue weighted by atomic mass is 10.2. The van der Waals surface area contributed by atoms with Crippen LogP contribution in [0.2, 0.25) is 0 Å². The lowest BCUT2D eigenvalue weighted by Crippen LogP contribution is -2.43. The summed E-state index contributed by atoms with van der Waals surface area (Å²) in [6.45, 7) is -0.382. The number of ether oxygens (including phenoxy) is 2. The number of benzene rings is 2. The maximum absolute atomic E-state index is 12.1. The lowest BCUT2D eigenvalue weighted by molar-refractivity contribution is -0.123. The number of hydrogen-bond acceptors (Lipinski definition) is 6. The van der Waals surface area contributed by atoms with Crippen molar-refractivity contribution in [2.75, 3.05) is 13.7 Å². The fourth-order valence-electron chi connectivity index (χ4n) is 1.77. The van der Waals surface area contributed by atoms with E-state index in [-0.39, 0.29) is 17.1 Å². The number of nitrogens with one attached hydrogen (secondary N) is 2. The Hall–Kier alpha value is -3.09. The van der Waals surface area contributed by atoms with Gasteiger partial charge in [0, 0.05) is 0 Å². The van der Waals surface area contributed by atoms with Crippen LogP contribution in [-0.4, -0.2) is 28.0 Å². The van der Waals surface area contributed by atoms with Crippen LogP contribution < -0.4 is 19.7 Å². The second kappa shape index (κ2) is 8.14. The van der Waals surface area contributed by atoms with Gasteiger partial charge in [-0.1, -0.05) is 6.07 Å². The molecule has 0 aliphatic rings. The van der Waals surface area contributed by atoms with E-state index in [0.717, 1.165) is 0 Å². The van der Waals surface area contributed by atoms with Crippen molar-refractivity contribution in [2.45, 2.75) is 4.90 Å². The molecule has 0 aromatic heterocycles. The van der Waals surface area contributed by atoms with Crippen LogP contribution in [0.4, 0.5) is 0 Å². The van der Waals surface area contributed by atoms with Crippen molar-refractivity contribution in [1.82, 2.24) is 10.3 Å². The average Bonchev–Trinajstić information content (AvgIpc) is 2.65. The molecule has 1 amide bonds.